The first-order valence-electron chi connectivity index (χ1n) is 14.4. The van der Waals surface area contributed by atoms with Crippen molar-refractivity contribution in [2.45, 2.75) is 32.2 Å². The number of anilines is 1. The van der Waals surface area contributed by atoms with Crippen LogP contribution in [-0.2, 0) is 24.2 Å². The van der Waals surface area contributed by atoms with Gasteiger partial charge in [0.25, 0.3) is 5.56 Å². The van der Waals surface area contributed by atoms with Crippen LogP contribution in [0, 0.1) is 0 Å². The molecule has 5 heterocycles. The molecule has 0 fully saturated rings. The zero-order valence-corrected chi connectivity index (χ0v) is 26.1. The number of benzene rings is 1. The number of nitrogens with one attached hydrogen (secondary N) is 1. The molecular weight excluding hydrogens is 629 g/mol. The Labute approximate surface area is 272 Å². The van der Waals surface area contributed by atoms with Crippen molar-refractivity contribution in [1.82, 2.24) is 29.3 Å². The van der Waals surface area contributed by atoms with Gasteiger partial charge in [-0.05, 0) is 60.9 Å². The molecule has 1 N–H and O–H groups in total. The fourth-order valence-corrected chi connectivity index (χ4v) is 5.60. The maximum Gasteiger partial charge on any atom is 0.271 e. The summed E-state index contributed by atoms with van der Waals surface area (Å²) in [4.78, 5) is 53.8. The molecule has 0 radical (unpaired) electrons. The summed E-state index contributed by atoms with van der Waals surface area (Å²) in [5.41, 5.74) is 2.32. The molecule has 46 heavy (non-hydrogen) atoms. The standard InChI is InChI=1S/C33H27Cl2N7O4/c1-46-23-12-8-20(9-13-23)19-41-31-24-16-17-36-18-25(24)42(29(44)15-11-22-5-3-7-27(35)38-22)33(45)30(31)32(40-41)39-28(43)14-10-21-4-2-6-26(34)37-21/h2-9,12-13,16-18H,10-11,14-15,19H2,1H3,(H,39,40,43). The molecular formula is C33H27Cl2N7O4. The Balaban J connectivity index is 1.42. The lowest BCUT2D eigenvalue weighted by Gasteiger charge is -2.12. The second-order valence-corrected chi connectivity index (χ2v) is 11.2. The lowest BCUT2D eigenvalue weighted by Crippen LogP contribution is -2.28. The zero-order valence-electron chi connectivity index (χ0n) is 24.6. The quantitative estimate of drug-likeness (QED) is 0.185. The normalized spacial score (nSPS) is 11.2. The number of nitrogens with zero attached hydrogens (tertiary/aromatic N) is 6. The third-order valence-electron chi connectivity index (χ3n) is 7.41. The topological polar surface area (TPSA) is 134 Å². The van der Waals surface area contributed by atoms with Crippen molar-refractivity contribution in [1.29, 1.82) is 0 Å². The number of halogens is 2. The molecule has 0 aliphatic carbocycles. The van der Waals surface area contributed by atoms with E-state index in [9.17, 15) is 14.4 Å². The fourth-order valence-electron chi connectivity index (χ4n) is 5.24. The maximum atomic E-state index is 14.2. The van der Waals surface area contributed by atoms with Gasteiger partial charge in [-0.25, -0.2) is 14.5 Å². The van der Waals surface area contributed by atoms with Crippen LogP contribution in [0.1, 0.15) is 34.6 Å². The average Bonchev–Trinajstić information content (AvgIpc) is 3.41. The highest BCUT2D eigenvalue weighted by Gasteiger charge is 2.24. The molecule has 232 valence electrons. The SMILES string of the molecule is COc1ccc(Cn2nc(NC(=O)CCc3cccc(Cl)n3)c3c(=O)n(C(=O)CCc4cccc(Cl)n4)c4cnccc4c32)cc1. The minimum absolute atomic E-state index is 0.0168. The van der Waals surface area contributed by atoms with E-state index in [0.717, 1.165) is 10.1 Å². The molecule has 6 aromatic rings. The van der Waals surface area contributed by atoms with Gasteiger partial charge in [-0.15, -0.1) is 0 Å². The predicted octanol–water partition coefficient (Wildman–Crippen LogP) is 5.74. The number of fused-ring (bicyclic) bond motifs is 3. The summed E-state index contributed by atoms with van der Waals surface area (Å²) in [5.74, 6) is -0.0905. The molecule has 0 aliphatic rings. The van der Waals surface area contributed by atoms with Crippen molar-refractivity contribution in [3.05, 3.63) is 117 Å². The number of aryl methyl sites for hydroxylation is 2. The maximum absolute atomic E-state index is 14.2. The van der Waals surface area contributed by atoms with Crippen LogP contribution >= 0.6 is 23.2 Å². The number of aromatic nitrogens is 6. The monoisotopic (exact) mass is 655 g/mol. The number of amides is 1. The highest BCUT2D eigenvalue weighted by atomic mass is 35.5. The lowest BCUT2D eigenvalue weighted by atomic mass is 10.1. The van der Waals surface area contributed by atoms with Crippen molar-refractivity contribution in [3.63, 3.8) is 0 Å². The molecule has 0 saturated heterocycles. The molecule has 0 spiro atoms. The lowest BCUT2D eigenvalue weighted by molar-refractivity contribution is -0.116. The Bertz CT molecular complexity index is 2150. The molecule has 0 saturated carbocycles. The first-order valence-corrected chi connectivity index (χ1v) is 15.1. The minimum Gasteiger partial charge on any atom is -0.497 e. The number of rotatable bonds is 10. The number of pyridine rings is 4. The van der Waals surface area contributed by atoms with E-state index in [-0.39, 0.29) is 42.9 Å². The first-order chi connectivity index (χ1) is 22.3. The van der Waals surface area contributed by atoms with Gasteiger partial charge in [0, 0.05) is 35.8 Å². The van der Waals surface area contributed by atoms with Crippen LogP contribution in [0.4, 0.5) is 5.82 Å². The molecule has 6 rings (SSSR count). The van der Waals surface area contributed by atoms with E-state index in [1.165, 1.54) is 6.20 Å². The number of carbonyl (C=O) groups excluding carboxylic acids is 2. The Kier molecular flexibility index (Phi) is 9.04. The van der Waals surface area contributed by atoms with Crippen LogP contribution in [0.25, 0.3) is 21.8 Å². The second-order valence-electron chi connectivity index (χ2n) is 10.5. The van der Waals surface area contributed by atoms with Gasteiger partial charge in [0.05, 0.1) is 30.9 Å². The minimum atomic E-state index is -0.618. The molecule has 0 unspecified atom stereocenters. The van der Waals surface area contributed by atoms with Crippen molar-refractivity contribution in [2.24, 2.45) is 0 Å². The van der Waals surface area contributed by atoms with Gasteiger partial charge in [0.15, 0.2) is 5.82 Å². The highest BCUT2D eigenvalue weighted by molar-refractivity contribution is 6.29. The summed E-state index contributed by atoms with van der Waals surface area (Å²) in [7, 11) is 1.59. The van der Waals surface area contributed by atoms with Gasteiger partial charge in [-0.3, -0.25) is 24.0 Å². The summed E-state index contributed by atoms with van der Waals surface area (Å²) in [6, 6.07) is 19.5. The van der Waals surface area contributed by atoms with Crippen molar-refractivity contribution >= 4 is 62.6 Å². The summed E-state index contributed by atoms with van der Waals surface area (Å²) in [6.45, 7) is 0.276. The van der Waals surface area contributed by atoms with E-state index in [0.29, 0.717) is 50.3 Å². The highest BCUT2D eigenvalue weighted by Crippen LogP contribution is 2.29. The number of carbonyl (C=O) groups is 2. The fraction of sp³-hybridized carbons (Fsp3) is 0.182. The van der Waals surface area contributed by atoms with E-state index < -0.39 is 11.5 Å². The van der Waals surface area contributed by atoms with Crippen LogP contribution in [0.3, 0.4) is 0 Å². The van der Waals surface area contributed by atoms with Gasteiger partial charge < -0.3 is 10.1 Å². The third-order valence-corrected chi connectivity index (χ3v) is 7.83. The van der Waals surface area contributed by atoms with E-state index in [1.54, 1.807) is 60.5 Å². The number of methoxy groups -OCH3 is 1. The summed E-state index contributed by atoms with van der Waals surface area (Å²) < 4.78 is 8.04. The van der Waals surface area contributed by atoms with Gasteiger partial charge in [-0.2, -0.15) is 5.10 Å². The van der Waals surface area contributed by atoms with Crippen LogP contribution in [0.2, 0.25) is 10.3 Å². The Morgan fingerprint density at radius 1 is 0.891 bits per heavy atom. The van der Waals surface area contributed by atoms with Gasteiger partial charge in [-0.1, -0.05) is 47.5 Å². The van der Waals surface area contributed by atoms with E-state index >= 15 is 0 Å². The molecule has 0 atom stereocenters. The Morgan fingerprint density at radius 2 is 1.57 bits per heavy atom. The number of ether oxygens (including phenoxy) is 1. The van der Waals surface area contributed by atoms with Gasteiger partial charge in [0.2, 0.25) is 11.8 Å². The van der Waals surface area contributed by atoms with Gasteiger partial charge >= 0.3 is 0 Å². The zero-order chi connectivity index (χ0) is 32.2. The summed E-state index contributed by atoms with van der Waals surface area (Å²) in [6.07, 6.45) is 3.70. The molecule has 1 amide bonds. The smallest absolute Gasteiger partial charge is 0.271 e. The van der Waals surface area contributed by atoms with E-state index in [1.807, 2.05) is 24.3 Å². The number of hydrogen-bond acceptors (Lipinski definition) is 8. The molecule has 1 aromatic carbocycles. The third kappa shape index (κ3) is 6.60. The van der Waals surface area contributed by atoms with Crippen LogP contribution in [0.5, 0.6) is 5.75 Å². The van der Waals surface area contributed by atoms with Crippen LogP contribution < -0.4 is 15.6 Å². The second kappa shape index (κ2) is 13.5. The van der Waals surface area contributed by atoms with E-state index in [2.05, 4.69) is 20.3 Å². The molecule has 11 nitrogen and oxygen atoms in total. The van der Waals surface area contributed by atoms with Crippen molar-refractivity contribution in [2.75, 3.05) is 12.4 Å². The molecule has 13 heteroatoms. The summed E-state index contributed by atoms with van der Waals surface area (Å²) in [5, 5.41) is 8.84. The van der Waals surface area contributed by atoms with Crippen molar-refractivity contribution in [3.8, 4) is 5.75 Å². The largest absolute Gasteiger partial charge is 0.497 e. The molecule has 0 bridgehead atoms. The Hall–Kier alpha value is -5.13. The average molecular weight is 657 g/mol. The summed E-state index contributed by atoms with van der Waals surface area (Å²) >= 11 is 12.0. The van der Waals surface area contributed by atoms with E-state index in [4.69, 9.17) is 33.0 Å². The molecule has 0 aliphatic heterocycles. The van der Waals surface area contributed by atoms with Crippen molar-refractivity contribution < 1.29 is 14.3 Å². The van der Waals surface area contributed by atoms with Crippen LogP contribution in [-0.4, -0.2) is 48.2 Å². The van der Waals surface area contributed by atoms with Crippen LogP contribution in [0.15, 0.2) is 83.9 Å². The number of hydrogen-bond donors (Lipinski definition) is 1. The Morgan fingerprint density at radius 3 is 2.22 bits per heavy atom. The predicted molar refractivity (Wildman–Crippen MR) is 176 cm³/mol. The first kappa shape index (κ1) is 30.9. The molecule has 5 aromatic heterocycles. The van der Waals surface area contributed by atoms with Gasteiger partial charge in [0.1, 0.15) is 21.4 Å².